The van der Waals surface area contributed by atoms with Crippen LogP contribution in [0, 0.1) is 5.82 Å². The number of benzene rings is 1. The van der Waals surface area contributed by atoms with Crippen molar-refractivity contribution in [1.82, 2.24) is 4.90 Å². The van der Waals surface area contributed by atoms with Crippen molar-refractivity contribution in [3.8, 4) is 5.75 Å². The molecule has 1 rings (SSSR count). The largest absolute Gasteiger partial charge is 0.485 e. The van der Waals surface area contributed by atoms with Crippen LogP contribution in [0.3, 0.4) is 0 Å². The SMILES string of the molecule is CN(CC(C)(C)O)C(=O)Nc1ccc(F)cc1OCC(F)F. The zero-order valence-electron chi connectivity index (χ0n) is 12.6. The Balaban J connectivity index is 2.81. The Hall–Kier alpha value is -1.96. The second-order valence-electron chi connectivity index (χ2n) is 5.44. The Morgan fingerprint density at radius 3 is 2.64 bits per heavy atom. The fourth-order valence-corrected chi connectivity index (χ4v) is 1.73. The van der Waals surface area contributed by atoms with Gasteiger partial charge in [-0.15, -0.1) is 0 Å². The third-order valence-corrected chi connectivity index (χ3v) is 2.52. The lowest BCUT2D eigenvalue weighted by Crippen LogP contribution is -2.41. The number of hydrogen-bond acceptors (Lipinski definition) is 3. The van der Waals surface area contributed by atoms with Crippen LogP contribution in [-0.2, 0) is 0 Å². The van der Waals surface area contributed by atoms with Gasteiger partial charge in [0.2, 0.25) is 0 Å². The van der Waals surface area contributed by atoms with Crippen LogP contribution in [0.2, 0.25) is 0 Å². The van der Waals surface area contributed by atoms with Crippen LogP contribution in [0.25, 0.3) is 0 Å². The molecular formula is C14H19F3N2O3. The van der Waals surface area contributed by atoms with Gasteiger partial charge in [0.1, 0.15) is 18.2 Å². The van der Waals surface area contributed by atoms with E-state index in [1.807, 2.05) is 0 Å². The second kappa shape index (κ2) is 7.35. The van der Waals surface area contributed by atoms with Crippen molar-refractivity contribution < 1.29 is 27.8 Å². The van der Waals surface area contributed by atoms with Gasteiger partial charge in [0.25, 0.3) is 6.43 Å². The molecule has 0 aliphatic carbocycles. The van der Waals surface area contributed by atoms with E-state index in [4.69, 9.17) is 4.74 Å². The van der Waals surface area contributed by atoms with Crippen molar-refractivity contribution in [3.05, 3.63) is 24.0 Å². The summed E-state index contributed by atoms with van der Waals surface area (Å²) in [5.41, 5.74) is -1.03. The van der Waals surface area contributed by atoms with E-state index in [-0.39, 0.29) is 18.0 Å². The van der Waals surface area contributed by atoms with Gasteiger partial charge in [-0.1, -0.05) is 0 Å². The standard InChI is InChI=1S/C14H19F3N2O3/c1-14(2,21)8-19(3)13(20)18-10-5-4-9(15)6-11(10)22-7-12(16)17/h4-6,12,21H,7-8H2,1-3H3,(H,18,20). The van der Waals surface area contributed by atoms with Crippen LogP contribution in [0.5, 0.6) is 5.75 Å². The minimum atomic E-state index is -2.72. The van der Waals surface area contributed by atoms with Gasteiger partial charge in [-0.25, -0.2) is 18.0 Å². The first kappa shape index (κ1) is 18.1. The molecule has 0 fully saturated rings. The molecule has 1 aromatic rings. The van der Waals surface area contributed by atoms with Gasteiger partial charge in [0, 0.05) is 13.1 Å². The predicted molar refractivity (Wildman–Crippen MR) is 75.8 cm³/mol. The average Bonchev–Trinajstić information content (AvgIpc) is 2.36. The average molecular weight is 320 g/mol. The van der Waals surface area contributed by atoms with Crippen molar-refractivity contribution in [2.24, 2.45) is 0 Å². The number of halogens is 3. The molecular weight excluding hydrogens is 301 g/mol. The summed E-state index contributed by atoms with van der Waals surface area (Å²) >= 11 is 0. The summed E-state index contributed by atoms with van der Waals surface area (Å²) in [7, 11) is 1.45. The van der Waals surface area contributed by atoms with E-state index in [1.165, 1.54) is 31.9 Å². The fourth-order valence-electron chi connectivity index (χ4n) is 1.73. The van der Waals surface area contributed by atoms with Crippen LogP contribution >= 0.6 is 0 Å². The number of nitrogens with one attached hydrogen (secondary N) is 1. The van der Waals surface area contributed by atoms with E-state index < -0.39 is 30.5 Å². The number of carbonyl (C=O) groups is 1. The molecule has 0 spiro atoms. The zero-order valence-corrected chi connectivity index (χ0v) is 12.6. The molecule has 0 aliphatic rings. The lowest BCUT2D eigenvalue weighted by Gasteiger charge is -2.26. The maximum Gasteiger partial charge on any atom is 0.321 e. The van der Waals surface area contributed by atoms with Crippen molar-refractivity contribution in [1.29, 1.82) is 0 Å². The Morgan fingerprint density at radius 2 is 2.09 bits per heavy atom. The summed E-state index contributed by atoms with van der Waals surface area (Å²) in [6.45, 7) is 2.21. The normalized spacial score (nSPS) is 11.5. The highest BCUT2D eigenvalue weighted by atomic mass is 19.3. The molecule has 2 N–H and O–H groups in total. The molecule has 0 saturated carbocycles. The highest BCUT2D eigenvalue weighted by molar-refractivity contribution is 5.90. The van der Waals surface area contributed by atoms with Crippen LogP contribution in [-0.4, -0.2) is 48.3 Å². The number of alkyl halides is 2. The number of likely N-dealkylation sites (N-methyl/N-ethyl adjacent to an activating group) is 1. The van der Waals surface area contributed by atoms with Gasteiger partial charge in [0.15, 0.2) is 0 Å². The number of hydrogen-bond donors (Lipinski definition) is 2. The smallest absolute Gasteiger partial charge is 0.321 e. The highest BCUT2D eigenvalue weighted by Crippen LogP contribution is 2.26. The molecule has 2 amide bonds. The van der Waals surface area contributed by atoms with Crippen LogP contribution < -0.4 is 10.1 Å². The maximum atomic E-state index is 13.2. The van der Waals surface area contributed by atoms with Crippen molar-refractivity contribution in [2.45, 2.75) is 25.9 Å². The molecule has 5 nitrogen and oxygen atoms in total. The summed E-state index contributed by atoms with van der Waals surface area (Å²) in [5.74, 6) is -0.863. The van der Waals surface area contributed by atoms with E-state index in [0.717, 1.165) is 12.1 Å². The Morgan fingerprint density at radius 1 is 1.45 bits per heavy atom. The number of carbonyl (C=O) groups excluding carboxylic acids is 1. The Kier molecular flexibility index (Phi) is 6.04. The Bertz CT molecular complexity index is 519. The first-order valence-corrected chi connectivity index (χ1v) is 6.53. The summed E-state index contributed by atoms with van der Waals surface area (Å²) in [5, 5.41) is 12.1. The minimum Gasteiger partial charge on any atom is -0.485 e. The molecule has 0 aliphatic heterocycles. The van der Waals surface area contributed by atoms with Gasteiger partial charge >= 0.3 is 6.03 Å². The first-order chi connectivity index (χ1) is 10.1. The van der Waals surface area contributed by atoms with Crippen molar-refractivity contribution >= 4 is 11.7 Å². The molecule has 0 radical (unpaired) electrons. The summed E-state index contributed by atoms with van der Waals surface area (Å²) in [4.78, 5) is 13.2. The second-order valence-corrected chi connectivity index (χ2v) is 5.44. The summed E-state index contributed by atoms with van der Waals surface area (Å²) in [6.07, 6.45) is -2.72. The van der Waals surface area contributed by atoms with E-state index in [1.54, 1.807) is 0 Å². The molecule has 0 unspecified atom stereocenters. The van der Waals surface area contributed by atoms with E-state index in [9.17, 15) is 23.1 Å². The van der Waals surface area contributed by atoms with Gasteiger partial charge in [-0.2, -0.15) is 0 Å². The molecule has 0 heterocycles. The van der Waals surface area contributed by atoms with Crippen LogP contribution in [0.15, 0.2) is 18.2 Å². The molecule has 124 valence electrons. The number of aliphatic hydroxyl groups is 1. The van der Waals surface area contributed by atoms with E-state index in [2.05, 4.69) is 5.32 Å². The molecule has 0 saturated heterocycles. The van der Waals surface area contributed by atoms with E-state index in [0.29, 0.717) is 0 Å². The molecule has 1 aromatic carbocycles. The number of nitrogens with zero attached hydrogens (tertiary/aromatic N) is 1. The first-order valence-electron chi connectivity index (χ1n) is 6.53. The molecule has 0 bridgehead atoms. The summed E-state index contributed by atoms with van der Waals surface area (Å²) in [6, 6.07) is 2.61. The van der Waals surface area contributed by atoms with Gasteiger partial charge in [-0.05, 0) is 26.0 Å². The number of amides is 2. The van der Waals surface area contributed by atoms with Gasteiger partial charge in [-0.3, -0.25) is 0 Å². The lowest BCUT2D eigenvalue weighted by atomic mass is 10.1. The number of anilines is 1. The highest BCUT2D eigenvalue weighted by Gasteiger charge is 2.20. The van der Waals surface area contributed by atoms with E-state index >= 15 is 0 Å². The quantitative estimate of drug-likeness (QED) is 0.847. The lowest BCUT2D eigenvalue weighted by molar-refractivity contribution is 0.0550. The predicted octanol–water partition coefficient (Wildman–Crippen LogP) is 2.70. The number of rotatable bonds is 6. The third kappa shape index (κ3) is 6.21. The maximum absolute atomic E-state index is 13.2. The topological polar surface area (TPSA) is 61.8 Å². The Labute approximate surface area is 126 Å². The number of urea groups is 1. The van der Waals surface area contributed by atoms with Gasteiger partial charge in [0.05, 0.1) is 17.8 Å². The molecule has 22 heavy (non-hydrogen) atoms. The van der Waals surface area contributed by atoms with Crippen LogP contribution in [0.4, 0.5) is 23.7 Å². The third-order valence-electron chi connectivity index (χ3n) is 2.52. The van der Waals surface area contributed by atoms with Gasteiger partial charge < -0.3 is 20.1 Å². The van der Waals surface area contributed by atoms with Crippen molar-refractivity contribution in [3.63, 3.8) is 0 Å². The monoisotopic (exact) mass is 320 g/mol. The molecule has 0 aromatic heterocycles. The minimum absolute atomic E-state index is 0.0489. The zero-order chi connectivity index (χ0) is 16.9. The van der Waals surface area contributed by atoms with Crippen LogP contribution in [0.1, 0.15) is 13.8 Å². The van der Waals surface area contributed by atoms with Crippen molar-refractivity contribution in [2.75, 3.05) is 25.5 Å². The summed E-state index contributed by atoms with van der Waals surface area (Å²) < 4.78 is 42.3. The molecule has 0 atom stereocenters. The molecule has 8 heteroatoms. The fraction of sp³-hybridized carbons (Fsp3) is 0.500. The number of ether oxygens (including phenoxy) is 1.